The van der Waals surface area contributed by atoms with Crippen molar-refractivity contribution in [2.75, 3.05) is 38.2 Å². The van der Waals surface area contributed by atoms with Gasteiger partial charge < -0.3 is 35.3 Å². The molecule has 4 N–H and O–H groups in total. The number of carbonyl (C=O) groups excluding carboxylic acids is 2. The van der Waals surface area contributed by atoms with Crippen molar-refractivity contribution in [3.05, 3.63) is 65.9 Å². The van der Waals surface area contributed by atoms with Gasteiger partial charge in [0.25, 0.3) is 5.91 Å². The molecule has 0 aromatic heterocycles. The van der Waals surface area contributed by atoms with Crippen LogP contribution in [0.25, 0.3) is 5.57 Å². The molecule has 2 amide bonds. The lowest BCUT2D eigenvalue weighted by molar-refractivity contribution is -0.110. The normalized spacial score (nSPS) is 22.8. The van der Waals surface area contributed by atoms with E-state index in [0.717, 1.165) is 12.0 Å². The number of hydrogen-bond donors (Lipinski definition) is 4. The zero-order chi connectivity index (χ0) is 34.6. The van der Waals surface area contributed by atoms with E-state index in [2.05, 4.69) is 36.7 Å². The number of nitrogens with zero attached hydrogens (tertiary/aromatic N) is 1. The average Bonchev–Trinajstić information content (AvgIpc) is 3.72. The third kappa shape index (κ3) is 8.75. The molecule has 2 aromatic carbocycles. The van der Waals surface area contributed by atoms with E-state index >= 15 is 0 Å². The largest absolute Gasteiger partial charge is 0.443 e. The summed E-state index contributed by atoms with van der Waals surface area (Å²) in [6, 6.07) is 13.0. The fourth-order valence-corrected chi connectivity index (χ4v) is 7.76. The van der Waals surface area contributed by atoms with Crippen LogP contribution in [0.3, 0.4) is 0 Å². The molecule has 0 spiro atoms. The van der Waals surface area contributed by atoms with Crippen molar-refractivity contribution in [2.45, 2.75) is 76.9 Å². The van der Waals surface area contributed by atoms with Crippen LogP contribution in [-0.2, 0) is 35.4 Å². The first-order chi connectivity index (χ1) is 22.7. The molecule has 12 nitrogen and oxygen atoms in total. The van der Waals surface area contributed by atoms with Crippen LogP contribution in [0, 0.1) is 17.3 Å². The van der Waals surface area contributed by atoms with E-state index in [1.54, 1.807) is 12.3 Å². The zero-order valence-corrected chi connectivity index (χ0v) is 29.1. The van der Waals surface area contributed by atoms with Gasteiger partial charge in [0.05, 0.1) is 41.7 Å². The molecule has 5 unspecified atom stereocenters. The number of alkyl carbamates (subject to hydrolysis) is 1. The molecule has 3 heterocycles. The molecule has 5 atom stereocenters. The highest BCUT2D eigenvalue weighted by atomic mass is 32.2. The van der Waals surface area contributed by atoms with E-state index in [1.165, 1.54) is 16.4 Å². The lowest BCUT2D eigenvalue weighted by Gasteiger charge is -2.31. The molecule has 2 saturated heterocycles. The number of aliphatic hydroxyl groups excluding tert-OH is 1. The second-order valence-corrected chi connectivity index (χ2v) is 16.3. The Balaban J connectivity index is 1.36. The number of nitrogens with one attached hydrogen (secondary N) is 3. The van der Waals surface area contributed by atoms with E-state index in [0.29, 0.717) is 30.0 Å². The summed E-state index contributed by atoms with van der Waals surface area (Å²) in [5, 5.41) is 20.4. The molecule has 0 saturated carbocycles. The Bertz CT molecular complexity index is 1590. The number of amides is 2. The van der Waals surface area contributed by atoms with Gasteiger partial charge in [-0.3, -0.25) is 4.79 Å². The van der Waals surface area contributed by atoms with Gasteiger partial charge in [0.2, 0.25) is 10.0 Å². The van der Waals surface area contributed by atoms with Gasteiger partial charge in [-0.15, -0.1) is 0 Å². The van der Waals surface area contributed by atoms with Crippen LogP contribution < -0.4 is 16.0 Å². The predicted octanol–water partition coefficient (Wildman–Crippen LogP) is 3.72. The number of rotatable bonds is 13. The third-order valence-corrected chi connectivity index (χ3v) is 10.4. The minimum absolute atomic E-state index is 0.00568. The van der Waals surface area contributed by atoms with E-state index in [1.807, 2.05) is 44.2 Å². The van der Waals surface area contributed by atoms with Crippen LogP contribution in [0.15, 0.2) is 59.6 Å². The fourth-order valence-electron chi connectivity index (χ4n) is 6.11. The van der Waals surface area contributed by atoms with Crippen molar-refractivity contribution in [3.63, 3.8) is 0 Å². The van der Waals surface area contributed by atoms with Gasteiger partial charge >= 0.3 is 6.09 Å². The number of ether oxygens (including phenoxy) is 3. The smallest absolute Gasteiger partial charge is 0.407 e. The van der Waals surface area contributed by atoms with E-state index < -0.39 is 34.4 Å². The number of hydrogen-bond acceptors (Lipinski definition) is 9. The van der Waals surface area contributed by atoms with Crippen molar-refractivity contribution < 1.29 is 37.3 Å². The van der Waals surface area contributed by atoms with E-state index in [-0.39, 0.29) is 60.5 Å². The Morgan fingerprint density at radius 1 is 1.15 bits per heavy atom. The summed E-state index contributed by atoms with van der Waals surface area (Å²) in [7, 11) is -4.15. The summed E-state index contributed by atoms with van der Waals surface area (Å²) in [4.78, 5) is 25.9. The van der Waals surface area contributed by atoms with Crippen LogP contribution in [0.5, 0.6) is 0 Å². The maximum absolute atomic E-state index is 14.2. The van der Waals surface area contributed by atoms with Crippen LogP contribution in [0.2, 0.25) is 0 Å². The molecule has 0 aliphatic carbocycles. The molecular formula is C35H48N4O8S. The number of benzene rings is 2. The Kier molecular flexibility index (Phi) is 11.2. The second kappa shape index (κ2) is 15.0. The van der Waals surface area contributed by atoms with E-state index in [9.17, 15) is 23.1 Å². The molecule has 48 heavy (non-hydrogen) atoms. The number of carbonyl (C=O) groups is 2. The van der Waals surface area contributed by atoms with Crippen molar-refractivity contribution in [1.82, 2.24) is 14.9 Å². The molecule has 3 aliphatic rings. The number of anilines is 1. The molecule has 13 heteroatoms. The summed E-state index contributed by atoms with van der Waals surface area (Å²) in [5.41, 5.74) is 2.16. The molecule has 2 aromatic rings. The Morgan fingerprint density at radius 3 is 2.60 bits per heavy atom. The highest BCUT2D eigenvalue weighted by Crippen LogP contribution is 2.35. The van der Waals surface area contributed by atoms with Crippen molar-refractivity contribution >= 4 is 33.3 Å². The lowest BCUT2D eigenvalue weighted by Crippen LogP contribution is -2.51. The maximum Gasteiger partial charge on any atom is 0.407 e. The SMILES string of the molecule is CC(C)CN(CC(O)C(Cc1ccccc1)NC(=O)OC1COC2OCCC12)S(=O)(=O)c1ccc2c(c1)/C(=C/NCC(C)(C)C)C(=O)N2. The summed E-state index contributed by atoms with van der Waals surface area (Å²) < 4.78 is 46.5. The van der Waals surface area contributed by atoms with Crippen LogP contribution in [0.4, 0.5) is 10.5 Å². The van der Waals surface area contributed by atoms with Crippen molar-refractivity contribution in [1.29, 1.82) is 0 Å². The minimum Gasteiger partial charge on any atom is -0.443 e. The highest BCUT2D eigenvalue weighted by molar-refractivity contribution is 7.89. The number of aliphatic hydroxyl groups is 1. The zero-order valence-electron chi connectivity index (χ0n) is 28.3. The van der Waals surface area contributed by atoms with Gasteiger partial charge in [-0.05, 0) is 47.9 Å². The summed E-state index contributed by atoms with van der Waals surface area (Å²) in [5.74, 6) is -0.448. The van der Waals surface area contributed by atoms with Gasteiger partial charge in [-0.2, -0.15) is 4.31 Å². The lowest BCUT2D eigenvalue weighted by atomic mass is 9.97. The van der Waals surface area contributed by atoms with Gasteiger partial charge in [-0.25, -0.2) is 13.2 Å². The van der Waals surface area contributed by atoms with Crippen LogP contribution in [0.1, 0.15) is 52.2 Å². The second-order valence-electron chi connectivity index (χ2n) is 14.4. The third-order valence-electron chi connectivity index (χ3n) is 8.56. The summed E-state index contributed by atoms with van der Waals surface area (Å²) >= 11 is 0. The predicted molar refractivity (Wildman–Crippen MR) is 181 cm³/mol. The molecule has 5 rings (SSSR count). The Hall–Kier alpha value is -3.49. The summed E-state index contributed by atoms with van der Waals surface area (Å²) in [6.07, 6.45) is -0.289. The quantitative estimate of drug-likeness (QED) is 0.231. The first-order valence-electron chi connectivity index (χ1n) is 16.5. The van der Waals surface area contributed by atoms with Crippen LogP contribution in [-0.4, -0.2) is 87.2 Å². The highest BCUT2D eigenvalue weighted by Gasteiger charge is 2.44. The Labute approximate surface area is 283 Å². The number of fused-ring (bicyclic) bond motifs is 2. The monoisotopic (exact) mass is 684 g/mol. The minimum atomic E-state index is -4.15. The first kappa shape index (κ1) is 35.8. The fraction of sp³-hybridized carbons (Fsp3) is 0.543. The first-order valence-corrected chi connectivity index (χ1v) is 18.0. The molecule has 0 bridgehead atoms. The molecule has 2 fully saturated rings. The molecule has 0 radical (unpaired) electrons. The number of sulfonamides is 1. The standard InChI is InChI=1S/C35H48N4O8S/c1-22(2)18-39(48(43,44)24-11-12-28-26(16-24)27(32(41)37-28)17-36-21-35(3,4)5)19-30(40)29(15-23-9-7-6-8-10-23)38-34(42)47-31-20-46-33-25(31)13-14-45-33/h6-12,16-17,22,25,29-31,33,36,40H,13-15,18-21H2,1-5H3,(H,37,41)(H,38,42)/b27-17-. The van der Waals surface area contributed by atoms with Gasteiger partial charge in [-0.1, -0.05) is 65.0 Å². The van der Waals surface area contributed by atoms with Crippen molar-refractivity contribution in [3.8, 4) is 0 Å². The maximum atomic E-state index is 14.2. The summed E-state index contributed by atoms with van der Waals surface area (Å²) in [6.45, 7) is 11.2. The Morgan fingerprint density at radius 2 is 1.90 bits per heavy atom. The molecular weight excluding hydrogens is 636 g/mol. The van der Waals surface area contributed by atoms with Gasteiger partial charge in [0.15, 0.2) is 6.29 Å². The topological polar surface area (TPSA) is 156 Å². The average molecular weight is 685 g/mol. The van der Waals surface area contributed by atoms with Gasteiger partial charge in [0, 0.05) is 37.1 Å². The van der Waals surface area contributed by atoms with Crippen LogP contribution >= 0.6 is 0 Å². The van der Waals surface area contributed by atoms with Crippen molar-refractivity contribution in [2.24, 2.45) is 17.3 Å². The molecule has 3 aliphatic heterocycles. The molecule has 262 valence electrons. The van der Waals surface area contributed by atoms with Gasteiger partial charge in [0.1, 0.15) is 6.10 Å². The van der Waals surface area contributed by atoms with E-state index in [4.69, 9.17) is 14.2 Å².